The topological polar surface area (TPSA) is 75.7 Å². The van der Waals surface area contributed by atoms with Crippen LogP contribution in [0.3, 0.4) is 0 Å². The molecule has 3 rings (SSSR count). The van der Waals surface area contributed by atoms with Crippen molar-refractivity contribution in [3.05, 3.63) is 78.4 Å². The Kier molecular flexibility index (Phi) is 7.19. The smallest absolute Gasteiger partial charge is 0.251 e. The average molecular weight is 415 g/mol. The van der Waals surface area contributed by atoms with Crippen molar-refractivity contribution >= 4 is 15.9 Å². The van der Waals surface area contributed by atoms with Gasteiger partial charge < -0.3 is 10.1 Å². The number of ether oxygens (including phenoxy) is 1. The van der Waals surface area contributed by atoms with E-state index in [0.717, 1.165) is 25.0 Å². The zero-order valence-corrected chi connectivity index (χ0v) is 17.1. The van der Waals surface area contributed by atoms with Crippen molar-refractivity contribution in [3.8, 4) is 0 Å². The van der Waals surface area contributed by atoms with Gasteiger partial charge in [0.1, 0.15) is 0 Å². The SMILES string of the molecule is C=CCN(Cc1ccc(C(=O)NC[C@@H]2CCCO2)cc1)S(=O)(=O)c1ccccc1. The van der Waals surface area contributed by atoms with E-state index < -0.39 is 10.0 Å². The minimum absolute atomic E-state index is 0.0916. The van der Waals surface area contributed by atoms with Crippen LogP contribution in [0.2, 0.25) is 0 Å². The quantitative estimate of drug-likeness (QED) is 0.640. The summed E-state index contributed by atoms with van der Waals surface area (Å²) < 4.78 is 32.7. The third-order valence-electron chi connectivity index (χ3n) is 4.80. The summed E-state index contributed by atoms with van der Waals surface area (Å²) in [5.41, 5.74) is 1.33. The first kappa shape index (κ1) is 21.2. The maximum atomic E-state index is 12.9. The third kappa shape index (κ3) is 5.53. The second-order valence-corrected chi connectivity index (χ2v) is 8.88. The summed E-state index contributed by atoms with van der Waals surface area (Å²) in [5, 5.41) is 2.88. The Bertz CT molecular complexity index is 921. The van der Waals surface area contributed by atoms with Gasteiger partial charge in [-0.25, -0.2) is 8.42 Å². The minimum atomic E-state index is -3.64. The summed E-state index contributed by atoms with van der Waals surface area (Å²) in [4.78, 5) is 12.5. The molecule has 0 unspecified atom stereocenters. The Labute approximate surface area is 172 Å². The van der Waals surface area contributed by atoms with Crippen molar-refractivity contribution < 1.29 is 17.9 Å². The largest absolute Gasteiger partial charge is 0.376 e. The summed E-state index contributed by atoms with van der Waals surface area (Å²) in [6.07, 6.45) is 3.65. The van der Waals surface area contributed by atoms with E-state index in [1.807, 2.05) is 0 Å². The highest BCUT2D eigenvalue weighted by atomic mass is 32.2. The van der Waals surface area contributed by atoms with Crippen LogP contribution >= 0.6 is 0 Å². The van der Waals surface area contributed by atoms with Crippen LogP contribution in [0.25, 0.3) is 0 Å². The molecule has 1 N–H and O–H groups in total. The highest BCUT2D eigenvalue weighted by molar-refractivity contribution is 7.89. The number of amides is 1. The number of sulfonamides is 1. The van der Waals surface area contributed by atoms with Gasteiger partial charge in [0.2, 0.25) is 10.0 Å². The second-order valence-electron chi connectivity index (χ2n) is 6.94. The molecule has 1 aliphatic heterocycles. The lowest BCUT2D eigenvalue weighted by molar-refractivity contribution is 0.0857. The molecule has 1 saturated heterocycles. The van der Waals surface area contributed by atoms with Crippen molar-refractivity contribution in [2.45, 2.75) is 30.4 Å². The number of carbonyl (C=O) groups is 1. The van der Waals surface area contributed by atoms with E-state index in [1.54, 1.807) is 60.7 Å². The molecule has 1 aliphatic rings. The van der Waals surface area contributed by atoms with E-state index in [-0.39, 0.29) is 30.0 Å². The number of hydrogen-bond acceptors (Lipinski definition) is 4. The van der Waals surface area contributed by atoms with Gasteiger partial charge in [0.25, 0.3) is 5.91 Å². The van der Waals surface area contributed by atoms with Crippen LogP contribution in [0.4, 0.5) is 0 Å². The number of nitrogens with zero attached hydrogens (tertiary/aromatic N) is 1. The predicted octanol–water partition coefficient (Wildman–Crippen LogP) is 2.97. The van der Waals surface area contributed by atoms with Crippen LogP contribution in [-0.2, 0) is 21.3 Å². The Balaban J connectivity index is 1.66. The fourth-order valence-electron chi connectivity index (χ4n) is 3.21. The van der Waals surface area contributed by atoms with Crippen molar-refractivity contribution in [1.29, 1.82) is 0 Å². The first-order valence-electron chi connectivity index (χ1n) is 9.65. The van der Waals surface area contributed by atoms with E-state index in [1.165, 1.54) is 4.31 Å². The van der Waals surface area contributed by atoms with Crippen LogP contribution in [0, 0.1) is 0 Å². The van der Waals surface area contributed by atoms with E-state index in [4.69, 9.17) is 4.74 Å². The molecule has 2 aromatic carbocycles. The molecule has 0 radical (unpaired) electrons. The molecule has 0 saturated carbocycles. The average Bonchev–Trinajstić information content (AvgIpc) is 3.26. The molecule has 0 bridgehead atoms. The van der Waals surface area contributed by atoms with E-state index in [2.05, 4.69) is 11.9 Å². The summed E-state index contributed by atoms with van der Waals surface area (Å²) in [7, 11) is -3.64. The molecule has 0 spiro atoms. The van der Waals surface area contributed by atoms with Gasteiger partial charge in [0.15, 0.2) is 0 Å². The molecule has 29 heavy (non-hydrogen) atoms. The minimum Gasteiger partial charge on any atom is -0.376 e. The van der Waals surface area contributed by atoms with Gasteiger partial charge in [-0.2, -0.15) is 4.31 Å². The van der Waals surface area contributed by atoms with Crippen LogP contribution in [0.5, 0.6) is 0 Å². The number of carbonyl (C=O) groups excluding carboxylic acids is 1. The van der Waals surface area contributed by atoms with Gasteiger partial charge in [0, 0.05) is 31.8 Å². The first-order chi connectivity index (χ1) is 14.0. The number of nitrogens with one attached hydrogen (secondary N) is 1. The molecule has 0 aromatic heterocycles. The molecule has 2 aromatic rings. The van der Waals surface area contributed by atoms with Gasteiger partial charge >= 0.3 is 0 Å². The third-order valence-corrected chi connectivity index (χ3v) is 6.63. The Morgan fingerprint density at radius 1 is 1.17 bits per heavy atom. The predicted molar refractivity (Wildman–Crippen MR) is 112 cm³/mol. The van der Waals surface area contributed by atoms with E-state index in [9.17, 15) is 13.2 Å². The highest BCUT2D eigenvalue weighted by Gasteiger charge is 2.23. The second kappa shape index (κ2) is 9.82. The first-order valence-corrected chi connectivity index (χ1v) is 11.1. The summed E-state index contributed by atoms with van der Waals surface area (Å²) >= 11 is 0. The van der Waals surface area contributed by atoms with Crippen LogP contribution in [0.15, 0.2) is 72.1 Å². The van der Waals surface area contributed by atoms with Gasteiger partial charge in [-0.3, -0.25) is 4.79 Å². The molecule has 6 nitrogen and oxygen atoms in total. The molecule has 154 valence electrons. The molecule has 7 heteroatoms. The Morgan fingerprint density at radius 2 is 1.90 bits per heavy atom. The highest BCUT2D eigenvalue weighted by Crippen LogP contribution is 2.18. The molecule has 1 heterocycles. The summed E-state index contributed by atoms with van der Waals surface area (Å²) in [5.74, 6) is -0.160. The van der Waals surface area contributed by atoms with E-state index in [0.29, 0.717) is 12.1 Å². The Hall–Kier alpha value is -2.48. The maximum Gasteiger partial charge on any atom is 0.251 e. The lowest BCUT2D eigenvalue weighted by atomic mass is 10.1. The lowest BCUT2D eigenvalue weighted by Crippen LogP contribution is -2.32. The number of benzene rings is 2. The Morgan fingerprint density at radius 3 is 2.52 bits per heavy atom. The van der Waals surface area contributed by atoms with Crippen LogP contribution in [0.1, 0.15) is 28.8 Å². The molecular weight excluding hydrogens is 388 g/mol. The zero-order valence-electron chi connectivity index (χ0n) is 16.3. The van der Waals surface area contributed by atoms with Gasteiger partial charge in [-0.15, -0.1) is 6.58 Å². The zero-order chi connectivity index (χ0) is 20.7. The molecule has 0 aliphatic carbocycles. The monoisotopic (exact) mass is 414 g/mol. The maximum absolute atomic E-state index is 12.9. The lowest BCUT2D eigenvalue weighted by Gasteiger charge is -2.21. The molecule has 1 amide bonds. The van der Waals surface area contributed by atoms with Crippen molar-refractivity contribution in [2.75, 3.05) is 19.7 Å². The number of rotatable bonds is 9. The number of hydrogen-bond donors (Lipinski definition) is 1. The van der Waals surface area contributed by atoms with Gasteiger partial charge in [0.05, 0.1) is 11.0 Å². The van der Waals surface area contributed by atoms with Crippen molar-refractivity contribution in [1.82, 2.24) is 9.62 Å². The standard InChI is InChI=1S/C22H26N2O4S/c1-2-14-24(29(26,27)21-8-4-3-5-9-21)17-18-10-12-19(13-11-18)22(25)23-16-20-7-6-15-28-20/h2-5,8-13,20H,1,6-7,14-17H2,(H,23,25)/t20-/m0/s1. The van der Waals surface area contributed by atoms with Gasteiger partial charge in [-0.1, -0.05) is 36.4 Å². The fraction of sp³-hybridized carbons (Fsp3) is 0.318. The van der Waals surface area contributed by atoms with Crippen molar-refractivity contribution in [2.24, 2.45) is 0 Å². The van der Waals surface area contributed by atoms with Gasteiger partial charge in [-0.05, 0) is 42.7 Å². The van der Waals surface area contributed by atoms with E-state index >= 15 is 0 Å². The fourth-order valence-corrected chi connectivity index (χ4v) is 4.63. The summed E-state index contributed by atoms with van der Waals surface area (Å²) in [6, 6.07) is 15.3. The molecule has 1 atom stereocenters. The van der Waals surface area contributed by atoms with Crippen LogP contribution < -0.4 is 5.32 Å². The van der Waals surface area contributed by atoms with Crippen LogP contribution in [-0.4, -0.2) is 44.4 Å². The molecular formula is C22H26N2O4S. The normalized spacial score (nSPS) is 16.7. The summed E-state index contributed by atoms with van der Waals surface area (Å²) in [6.45, 7) is 5.32. The van der Waals surface area contributed by atoms with Crippen molar-refractivity contribution in [3.63, 3.8) is 0 Å². The molecule has 1 fully saturated rings.